The first kappa shape index (κ1) is 21.8. The quantitative estimate of drug-likeness (QED) is 0.300. The number of amides is 2. The van der Waals surface area contributed by atoms with Crippen LogP contribution in [0.3, 0.4) is 0 Å². The van der Waals surface area contributed by atoms with E-state index >= 15 is 0 Å². The van der Waals surface area contributed by atoms with Gasteiger partial charge < -0.3 is 30.3 Å². The van der Waals surface area contributed by atoms with E-state index in [0.29, 0.717) is 17.2 Å². The summed E-state index contributed by atoms with van der Waals surface area (Å²) in [5, 5.41) is 5.18. The van der Waals surface area contributed by atoms with E-state index in [9.17, 15) is 14.4 Å². The second kappa shape index (κ2) is 9.71. The van der Waals surface area contributed by atoms with Crippen LogP contribution in [-0.2, 0) is 4.79 Å². The Labute approximate surface area is 180 Å². The monoisotopic (exact) mass is 445 g/mol. The van der Waals surface area contributed by atoms with E-state index in [1.807, 2.05) is 0 Å². The first-order valence-corrected chi connectivity index (χ1v) is 9.79. The third kappa shape index (κ3) is 5.36. The van der Waals surface area contributed by atoms with E-state index in [0.717, 1.165) is 11.8 Å². The number of carbonyl (C=O) groups is 2. The molecule has 0 atom stereocenters. The number of thioether (sulfide) groups is 1. The summed E-state index contributed by atoms with van der Waals surface area (Å²) in [7, 11) is 3.00. The average Bonchev–Trinajstić information content (AvgIpc) is 3.30. The molecule has 12 heteroatoms. The maximum atomic E-state index is 12.3. The Bertz CT molecular complexity index is 1150. The Morgan fingerprint density at radius 2 is 2.03 bits per heavy atom. The van der Waals surface area contributed by atoms with Crippen molar-refractivity contribution in [2.75, 3.05) is 36.3 Å². The van der Waals surface area contributed by atoms with Crippen molar-refractivity contribution in [2.45, 2.75) is 5.16 Å². The van der Waals surface area contributed by atoms with E-state index in [2.05, 4.69) is 20.6 Å². The first-order chi connectivity index (χ1) is 14.9. The number of methoxy groups -OCH3 is 2. The molecule has 1 aromatic carbocycles. The number of ether oxygens (including phenoxy) is 2. The number of nitrogens with one attached hydrogen (secondary N) is 3. The Morgan fingerprint density at radius 3 is 2.68 bits per heavy atom. The zero-order chi connectivity index (χ0) is 22.4. The number of nitrogens with zero attached hydrogens (tertiary/aromatic N) is 1. The van der Waals surface area contributed by atoms with Gasteiger partial charge in [0.25, 0.3) is 11.5 Å². The molecule has 162 valence electrons. The second-order valence-electron chi connectivity index (χ2n) is 5.97. The normalized spacial score (nSPS) is 10.4. The lowest BCUT2D eigenvalue weighted by Gasteiger charge is -2.11. The zero-order valence-corrected chi connectivity index (χ0v) is 17.4. The fourth-order valence-electron chi connectivity index (χ4n) is 2.46. The third-order valence-corrected chi connectivity index (χ3v) is 4.81. The van der Waals surface area contributed by atoms with Crippen LogP contribution >= 0.6 is 11.8 Å². The largest absolute Gasteiger partial charge is 0.497 e. The highest BCUT2D eigenvalue weighted by Crippen LogP contribution is 2.29. The van der Waals surface area contributed by atoms with Gasteiger partial charge in [0.15, 0.2) is 22.4 Å². The molecule has 0 aliphatic heterocycles. The lowest BCUT2D eigenvalue weighted by molar-refractivity contribution is -0.113. The average molecular weight is 445 g/mol. The molecule has 31 heavy (non-hydrogen) atoms. The number of benzene rings is 1. The number of furan rings is 1. The van der Waals surface area contributed by atoms with Gasteiger partial charge >= 0.3 is 0 Å². The summed E-state index contributed by atoms with van der Waals surface area (Å²) in [6.45, 7) is 0. The topological polar surface area (TPSA) is 162 Å². The number of aromatic amines is 1. The molecule has 3 rings (SSSR count). The number of nitrogen functional groups attached to an aromatic ring is 1. The van der Waals surface area contributed by atoms with Gasteiger partial charge in [-0.25, -0.2) is 4.98 Å². The molecule has 11 nitrogen and oxygen atoms in total. The van der Waals surface area contributed by atoms with E-state index < -0.39 is 11.5 Å². The highest BCUT2D eigenvalue weighted by atomic mass is 32.2. The van der Waals surface area contributed by atoms with Gasteiger partial charge in [0.05, 0.1) is 31.9 Å². The smallest absolute Gasteiger partial charge is 0.291 e. The molecule has 0 radical (unpaired) electrons. The highest BCUT2D eigenvalue weighted by Gasteiger charge is 2.16. The van der Waals surface area contributed by atoms with Gasteiger partial charge in [-0.3, -0.25) is 19.4 Å². The van der Waals surface area contributed by atoms with Crippen molar-refractivity contribution in [3.63, 3.8) is 0 Å². The van der Waals surface area contributed by atoms with Crippen LogP contribution < -0.4 is 31.4 Å². The van der Waals surface area contributed by atoms with Crippen molar-refractivity contribution >= 4 is 40.8 Å². The van der Waals surface area contributed by atoms with Crippen LogP contribution in [0.25, 0.3) is 0 Å². The van der Waals surface area contributed by atoms with Crippen LogP contribution in [0.1, 0.15) is 10.6 Å². The minimum absolute atomic E-state index is 0.0166. The fraction of sp³-hybridized carbons (Fsp3) is 0.158. The lowest BCUT2D eigenvalue weighted by Crippen LogP contribution is -2.23. The molecule has 0 aliphatic rings. The Morgan fingerprint density at radius 1 is 1.23 bits per heavy atom. The minimum Gasteiger partial charge on any atom is -0.497 e. The van der Waals surface area contributed by atoms with Gasteiger partial charge in [-0.05, 0) is 24.3 Å². The SMILES string of the molecule is COc1ccc(NC(=O)CSc2nc(N)c(NC(=O)c3ccco3)c(=O)[nH]2)c(OC)c1. The van der Waals surface area contributed by atoms with Crippen molar-refractivity contribution in [3.8, 4) is 11.5 Å². The maximum Gasteiger partial charge on any atom is 0.291 e. The molecular weight excluding hydrogens is 426 g/mol. The Hall–Kier alpha value is -3.93. The number of carbonyl (C=O) groups excluding carboxylic acids is 2. The summed E-state index contributed by atoms with van der Waals surface area (Å²) < 4.78 is 15.3. The van der Waals surface area contributed by atoms with Crippen molar-refractivity contribution < 1.29 is 23.5 Å². The molecule has 0 fully saturated rings. The maximum absolute atomic E-state index is 12.3. The number of nitrogens with two attached hydrogens (primary N) is 1. The van der Waals surface area contributed by atoms with Gasteiger partial charge in [-0.1, -0.05) is 11.8 Å². The summed E-state index contributed by atoms with van der Waals surface area (Å²) in [5.74, 6) is -0.213. The number of anilines is 3. The number of rotatable bonds is 8. The lowest BCUT2D eigenvalue weighted by atomic mass is 10.2. The second-order valence-corrected chi connectivity index (χ2v) is 6.93. The molecule has 0 saturated heterocycles. The van der Waals surface area contributed by atoms with Crippen molar-refractivity contribution in [1.82, 2.24) is 9.97 Å². The molecule has 3 aromatic rings. The zero-order valence-electron chi connectivity index (χ0n) is 16.6. The molecule has 5 N–H and O–H groups in total. The van der Waals surface area contributed by atoms with Gasteiger partial charge in [0, 0.05) is 6.07 Å². The van der Waals surface area contributed by atoms with Crippen molar-refractivity contribution in [3.05, 3.63) is 52.7 Å². The Kier molecular flexibility index (Phi) is 6.82. The number of aromatic nitrogens is 2. The molecule has 0 spiro atoms. The summed E-state index contributed by atoms with van der Waals surface area (Å²) in [4.78, 5) is 43.1. The van der Waals surface area contributed by atoms with Crippen LogP contribution in [0.5, 0.6) is 11.5 Å². The Balaban J connectivity index is 1.63. The van der Waals surface area contributed by atoms with Gasteiger partial charge in [-0.15, -0.1) is 0 Å². The molecule has 2 heterocycles. The molecule has 0 saturated carbocycles. The predicted molar refractivity (Wildman–Crippen MR) is 115 cm³/mol. The first-order valence-electron chi connectivity index (χ1n) is 8.80. The number of hydrogen-bond acceptors (Lipinski definition) is 9. The molecule has 0 unspecified atom stereocenters. The molecule has 2 aromatic heterocycles. The van der Waals surface area contributed by atoms with Crippen LogP contribution in [0.15, 0.2) is 51.0 Å². The molecule has 0 bridgehead atoms. The summed E-state index contributed by atoms with van der Waals surface area (Å²) in [6.07, 6.45) is 1.33. The fourth-order valence-corrected chi connectivity index (χ4v) is 3.13. The standard InChI is InChI=1S/C19H19N5O6S/c1-28-10-5-6-11(13(8-10)29-2)21-14(25)9-31-19-23-16(20)15(18(27)24-19)22-17(26)12-4-3-7-30-12/h3-8H,9H2,1-2H3,(H,21,25)(H,22,26)(H3,20,23,24,27). The van der Waals surface area contributed by atoms with Crippen molar-refractivity contribution in [2.24, 2.45) is 0 Å². The van der Waals surface area contributed by atoms with Gasteiger partial charge in [0.1, 0.15) is 11.5 Å². The number of H-pyrrole nitrogens is 1. The summed E-state index contributed by atoms with van der Waals surface area (Å²) >= 11 is 0.967. The van der Waals surface area contributed by atoms with Crippen LogP contribution in [0.4, 0.5) is 17.2 Å². The van der Waals surface area contributed by atoms with E-state index in [4.69, 9.17) is 19.6 Å². The number of hydrogen-bond donors (Lipinski definition) is 4. The minimum atomic E-state index is -0.660. The van der Waals surface area contributed by atoms with E-state index in [1.54, 1.807) is 18.2 Å². The molecule has 0 aliphatic carbocycles. The predicted octanol–water partition coefficient (Wildman–Crippen LogP) is 1.95. The van der Waals surface area contributed by atoms with E-state index in [-0.39, 0.29) is 34.1 Å². The van der Waals surface area contributed by atoms with E-state index in [1.165, 1.54) is 32.6 Å². The van der Waals surface area contributed by atoms with Crippen molar-refractivity contribution in [1.29, 1.82) is 0 Å². The summed E-state index contributed by atoms with van der Waals surface area (Å²) in [5.41, 5.74) is 5.39. The van der Waals surface area contributed by atoms with Gasteiger partial charge in [0.2, 0.25) is 5.91 Å². The van der Waals surface area contributed by atoms with Crippen LogP contribution in [0, 0.1) is 0 Å². The van der Waals surface area contributed by atoms with Crippen LogP contribution in [-0.4, -0.2) is 41.8 Å². The molecular formula is C19H19N5O6S. The van der Waals surface area contributed by atoms with Crippen LogP contribution in [0.2, 0.25) is 0 Å². The third-order valence-electron chi connectivity index (χ3n) is 3.93. The summed E-state index contributed by atoms with van der Waals surface area (Å²) in [6, 6.07) is 7.94. The van der Waals surface area contributed by atoms with Gasteiger partial charge in [-0.2, -0.15) is 0 Å². The highest BCUT2D eigenvalue weighted by molar-refractivity contribution is 7.99. The molecule has 2 amide bonds.